The molecule has 0 spiro atoms. The van der Waals surface area contributed by atoms with Crippen molar-refractivity contribution in [2.24, 2.45) is 0 Å². The maximum atomic E-state index is 11.4. The molecule has 0 aliphatic heterocycles. The van der Waals surface area contributed by atoms with Gasteiger partial charge >= 0.3 is 0 Å². The highest BCUT2D eigenvalue weighted by Gasteiger charge is 2.16. The van der Waals surface area contributed by atoms with E-state index in [-0.39, 0.29) is 12.5 Å². The highest BCUT2D eigenvalue weighted by Crippen LogP contribution is 2.10. The van der Waals surface area contributed by atoms with Gasteiger partial charge in [0.2, 0.25) is 5.91 Å². The summed E-state index contributed by atoms with van der Waals surface area (Å²) < 4.78 is 0. The van der Waals surface area contributed by atoms with Crippen LogP contribution in [0.3, 0.4) is 0 Å². The van der Waals surface area contributed by atoms with Gasteiger partial charge in [-0.2, -0.15) is 0 Å². The average Bonchev–Trinajstić information content (AvgIpc) is 2.76. The number of nitrogens with one attached hydrogen (secondary N) is 1. The maximum absolute atomic E-state index is 11.4. The number of unbranched alkanes of at least 4 members (excludes halogenated alkanes) is 10. The predicted octanol–water partition coefficient (Wildman–Crippen LogP) is 5.99. The van der Waals surface area contributed by atoms with Crippen molar-refractivity contribution in [1.82, 2.24) is 5.32 Å². The Morgan fingerprint density at radius 1 is 0.767 bits per heavy atom. The molecule has 0 saturated heterocycles. The number of carbonyl (C=O) groups is 1. The first-order valence-corrected chi connectivity index (χ1v) is 12.2. The number of aliphatic hydroxyl groups is 2. The smallest absolute Gasteiger partial charge is 0.220 e. The second-order valence-corrected chi connectivity index (χ2v) is 7.99. The van der Waals surface area contributed by atoms with Crippen molar-refractivity contribution >= 4 is 5.91 Å². The number of hydrogen-bond acceptors (Lipinski definition) is 3. The minimum Gasteiger partial charge on any atom is -0.394 e. The van der Waals surface area contributed by atoms with Gasteiger partial charge in [-0.05, 0) is 38.5 Å². The van der Waals surface area contributed by atoms with Crippen molar-refractivity contribution < 1.29 is 15.0 Å². The Bertz CT molecular complexity index is 471. The largest absolute Gasteiger partial charge is 0.394 e. The summed E-state index contributed by atoms with van der Waals surface area (Å²) >= 11 is 0. The molecule has 0 aliphatic rings. The predicted molar refractivity (Wildman–Crippen MR) is 128 cm³/mol. The van der Waals surface area contributed by atoms with Gasteiger partial charge in [-0.1, -0.05) is 95.2 Å². The SMILES string of the molecule is CCCCCCCCCC/C=C/CC/C=C/CC/C=C/C(O)C(CO)NC(=O)CC. The monoisotopic (exact) mass is 421 g/mol. The second-order valence-electron chi connectivity index (χ2n) is 7.99. The highest BCUT2D eigenvalue weighted by molar-refractivity contribution is 5.75. The minimum atomic E-state index is -0.860. The molecule has 0 aromatic heterocycles. The first-order chi connectivity index (χ1) is 14.7. The minimum absolute atomic E-state index is 0.170. The quantitative estimate of drug-likeness (QED) is 0.167. The Morgan fingerprint density at radius 2 is 1.27 bits per heavy atom. The molecule has 4 heteroatoms. The zero-order chi connectivity index (χ0) is 22.3. The maximum Gasteiger partial charge on any atom is 0.220 e. The van der Waals surface area contributed by atoms with Gasteiger partial charge in [0.05, 0.1) is 18.8 Å². The standard InChI is InChI=1S/C26H47NO3/c1-3-5-6-7-8-9-10-11-12-13-14-15-16-17-18-19-20-21-22-25(29)24(23-28)27-26(30)4-2/h13-14,17-18,21-22,24-25,28-29H,3-12,15-16,19-20,23H2,1-2H3,(H,27,30)/b14-13+,18-17+,22-21+. The lowest BCUT2D eigenvalue weighted by Crippen LogP contribution is -2.44. The van der Waals surface area contributed by atoms with Gasteiger partial charge in [0.1, 0.15) is 0 Å². The highest BCUT2D eigenvalue weighted by atomic mass is 16.3. The third-order valence-electron chi connectivity index (χ3n) is 5.17. The van der Waals surface area contributed by atoms with Crippen LogP contribution in [0.15, 0.2) is 36.5 Å². The molecule has 1 amide bonds. The Balaban J connectivity index is 3.60. The fraction of sp³-hybridized carbons (Fsp3) is 0.731. The first-order valence-electron chi connectivity index (χ1n) is 12.2. The van der Waals surface area contributed by atoms with Crippen LogP contribution in [0.5, 0.6) is 0 Å². The molecule has 2 unspecified atom stereocenters. The number of aliphatic hydroxyl groups excluding tert-OH is 2. The Labute approximate surface area is 185 Å². The van der Waals surface area contributed by atoms with E-state index in [0.717, 1.165) is 25.7 Å². The number of carbonyl (C=O) groups excluding carboxylic acids is 1. The van der Waals surface area contributed by atoms with E-state index in [9.17, 15) is 15.0 Å². The molecule has 2 atom stereocenters. The van der Waals surface area contributed by atoms with Gasteiger partial charge in [0.15, 0.2) is 0 Å². The van der Waals surface area contributed by atoms with Crippen LogP contribution < -0.4 is 5.32 Å². The fourth-order valence-electron chi connectivity index (χ4n) is 3.17. The number of rotatable bonds is 20. The van der Waals surface area contributed by atoms with Crippen LogP contribution in [-0.2, 0) is 4.79 Å². The topological polar surface area (TPSA) is 69.6 Å². The summed E-state index contributed by atoms with van der Waals surface area (Å²) in [6, 6.07) is -0.637. The van der Waals surface area contributed by atoms with E-state index in [2.05, 4.69) is 36.5 Å². The van der Waals surface area contributed by atoms with Crippen molar-refractivity contribution in [3.63, 3.8) is 0 Å². The summed E-state index contributed by atoms with van der Waals surface area (Å²) in [5, 5.41) is 21.9. The number of hydrogen-bond donors (Lipinski definition) is 3. The second kappa shape index (κ2) is 22.3. The molecule has 0 bridgehead atoms. The van der Waals surface area contributed by atoms with Gasteiger partial charge in [-0.25, -0.2) is 0 Å². The van der Waals surface area contributed by atoms with Crippen molar-refractivity contribution in [2.45, 2.75) is 116 Å². The lowest BCUT2D eigenvalue weighted by Gasteiger charge is -2.19. The lowest BCUT2D eigenvalue weighted by atomic mass is 10.1. The first kappa shape index (κ1) is 28.6. The molecule has 174 valence electrons. The summed E-state index contributed by atoms with van der Waals surface area (Å²) in [6.45, 7) is 3.73. The molecule has 0 rings (SSSR count). The molecule has 0 saturated carbocycles. The van der Waals surface area contributed by atoms with Crippen molar-refractivity contribution in [2.75, 3.05) is 6.61 Å². The summed E-state index contributed by atoms with van der Waals surface area (Å²) in [4.78, 5) is 11.4. The molecule has 0 aromatic carbocycles. The Morgan fingerprint density at radius 3 is 1.80 bits per heavy atom. The zero-order valence-corrected chi connectivity index (χ0v) is 19.5. The molecule has 30 heavy (non-hydrogen) atoms. The van der Waals surface area contributed by atoms with Crippen LogP contribution in [0, 0.1) is 0 Å². The normalized spacial score (nSPS) is 14.1. The summed E-state index contributed by atoms with van der Waals surface area (Å²) in [5.74, 6) is -0.170. The fourth-order valence-corrected chi connectivity index (χ4v) is 3.17. The van der Waals surface area contributed by atoms with Crippen LogP contribution in [0.4, 0.5) is 0 Å². The lowest BCUT2D eigenvalue weighted by molar-refractivity contribution is -0.122. The van der Waals surface area contributed by atoms with Crippen LogP contribution in [0.25, 0.3) is 0 Å². The molecular weight excluding hydrogens is 374 g/mol. The van der Waals surface area contributed by atoms with Gasteiger partial charge in [0.25, 0.3) is 0 Å². The van der Waals surface area contributed by atoms with Crippen LogP contribution in [0.2, 0.25) is 0 Å². The van der Waals surface area contributed by atoms with Crippen molar-refractivity contribution in [1.29, 1.82) is 0 Å². The molecule has 0 fully saturated rings. The molecular formula is C26H47NO3. The van der Waals surface area contributed by atoms with E-state index in [1.54, 1.807) is 13.0 Å². The zero-order valence-electron chi connectivity index (χ0n) is 19.5. The van der Waals surface area contributed by atoms with E-state index < -0.39 is 12.1 Å². The van der Waals surface area contributed by atoms with Crippen LogP contribution in [-0.4, -0.2) is 34.9 Å². The number of amides is 1. The molecule has 3 N–H and O–H groups in total. The molecule has 4 nitrogen and oxygen atoms in total. The van der Waals surface area contributed by atoms with E-state index in [4.69, 9.17) is 0 Å². The molecule has 0 radical (unpaired) electrons. The Hall–Kier alpha value is -1.39. The van der Waals surface area contributed by atoms with E-state index in [1.807, 2.05) is 6.08 Å². The third kappa shape index (κ3) is 18.6. The van der Waals surface area contributed by atoms with Gasteiger partial charge in [0, 0.05) is 6.42 Å². The number of allylic oxidation sites excluding steroid dienone is 5. The van der Waals surface area contributed by atoms with Gasteiger partial charge in [-0.3, -0.25) is 4.79 Å². The molecule has 0 aromatic rings. The van der Waals surface area contributed by atoms with Crippen LogP contribution >= 0.6 is 0 Å². The average molecular weight is 422 g/mol. The Kier molecular flexibility index (Phi) is 21.3. The third-order valence-corrected chi connectivity index (χ3v) is 5.17. The van der Waals surface area contributed by atoms with E-state index in [0.29, 0.717) is 6.42 Å². The summed E-state index contributed by atoms with van der Waals surface area (Å²) in [7, 11) is 0. The van der Waals surface area contributed by atoms with E-state index >= 15 is 0 Å². The summed E-state index contributed by atoms with van der Waals surface area (Å²) in [6.07, 6.45) is 28.2. The van der Waals surface area contributed by atoms with Crippen LogP contribution in [0.1, 0.15) is 104 Å². The van der Waals surface area contributed by atoms with Gasteiger partial charge in [-0.15, -0.1) is 0 Å². The van der Waals surface area contributed by atoms with E-state index in [1.165, 1.54) is 57.8 Å². The molecule has 0 heterocycles. The van der Waals surface area contributed by atoms with Crippen molar-refractivity contribution in [3.8, 4) is 0 Å². The summed E-state index contributed by atoms with van der Waals surface area (Å²) in [5.41, 5.74) is 0. The van der Waals surface area contributed by atoms with Gasteiger partial charge < -0.3 is 15.5 Å². The van der Waals surface area contributed by atoms with Crippen molar-refractivity contribution in [3.05, 3.63) is 36.5 Å². The molecule has 0 aliphatic carbocycles.